The van der Waals surface area contributed by atoms with Crippen LogP contribution in [0.4, 0.5) is 32.0 Å². The molecule has 1 rings (SSSR count). The molecular weight excluding hydrogens is 428 g/mol. The molecule has 1 aromatic carbocycles. The topological polar surface area (TPSA) is 66.8 Å². The fraction of sp³-hybridized carbons (Fsp3) is 0.647. The molecule has 29 heavy (non-hydrogen) atoms. The molecule has 12 heteroatoms. The molecule has 0 aliphatic carbocycles. The Balaban J connectivity index is 3.30. The highest BCUT2D eigenvalue weighted by molar-refractivity contribution is 7.85. The first-order valence-electron chi connectivity index (χ1n) is 8.65. The molecule has 0 spiro atoms. The van der Waals surface area contributed by atoms with E-state index in [1.165, 1.54) is 0 Å². The van der Waals surface area contributed by atoms with Crippen molar-refractivity contribution in [2.24, 2.45) is 0 Å². The van der Waals surface area contributed by atoms with Gasteiger partial charge in [-0.25, -0.2) is 0 Å². The number of hydrogen-bond acceptors (Lipinski definition) is 5. The largest absolute Gasteiger partial charge is 0.430 e. The summed E-state index contributed by atoms with van der Waals surface area (Å²) in [5.74, 6) is 0. The van der Waals surface area contributed by atoms with Gasteiger partial charge < -0.3 is 10.0 Å². The van der Waals surface area contributed by atoms with Crippen molar-refractivity contribution in [3.8, 4) is 0 Å². The Morgan fingerprint density at radius 3 is 1.86 bits per heavy atom. The lowest BCUT2D eigenvalue weighted by Gasteiger charge is -2.35. The summed E-state index contributed by atoms with van der Waals surface area (Å²) in [6.07, 6.45) is -10.1. The molecule has 168 valence electrons. The highest BCUT2D eigenvalue weighted by Gasteiger charge is 2.71. The van der Waals surface area contributed by atoms with Crippen LogP contribution in [0.2, 0.25) is 0 Å². The van der Waals surface area contributed by atoms with Gasteiger partial charge in [-0.3, -0.25) is 4.18 Å². The number of aliphatic hydroxyl groups is 1. The standard InChI is InChI=1S/C17H23F6NO4S/c1-4-10-24(13(5-2)11-28-29(3,26)27)14-8-6-12(7-9-14)15(25,16(18,19)20)17(21,22)23/h6-9,13,25H,4-5,10-11H2,1-3H3/t13-/m1/s1. The summed E-state index contributed by atoms with van der Waals surface area (Å²) in [7, 11) is -3.73. The molecular formula is C17H23F6NO4S. The van der Waals surface area contributed by atoms with E-state index >= 15 is 0 Å². The zero-order valence-corrected chi connectivity index (χ0v) is 16.8. The molecule has 0 unspecified atom stereocenters. The van der Waals surface area contributed by atoms with Gasteiger partial charge in [0.2, 0.25) is 0 Å². The van der Waals surface area contributed by atoms with Crippen molar-refractivity contribution in [3.05, 3.63) is 29.8 Å². The average molecular weight is 451 g/mol. The fourth-order valence-corrected chi connectivity index (χ4v) is 3.18. The molecule has 1 atom stereocenters. The summed E-state index contributed by atoms with van der Waals surface area (Å²) in [5, 5.41) is 9.47. The fourth-order valence-electron chi connectivity index (χ4n) is 2.78. The zero-order chi connectivity index (χ0) is 22.7. The van der Waals surface area contributed by atoms with Crippen molar-refractivity contribution in [2.75, 3.05) is 24.3 Å². The van der Waals surface area contributed by atoms with Crippen LogP contribution in [-0.4, -0.2) is 51.3 Å². The second-order valence-electron chi connectivity index (χ2n) is 6.50. The highest BCUT2D eigenvalue weighted by Crippen LogP contribution is 2.50. The second-order valence-corrected chi connectivity index (χ2v) is 8.14. The lowest BCUT2D eigenvalue weighted by molar-refractivity contribution is -0.376. The summed E-state index contributed by atoms with van der Waals surface area (Å²) < 4.78 is 105. The van der Waals surface area contributed by atoms with Gasteiger partial charge in [-0.15, -0.1) is 0 Å². The minimum atomic E-state index is -5.97. The van der Waals surface area contributed by atoms with E-state index in [9.17, 15) is 39.9 Å². The number of halogens is 6. The minimum absolute atomic E-state index is 0.230. The second kappa shape index (κ2) is 9.09. The van der Waals surface area contributed by atoms with Crippen LogP contribution in [0.1, 0.15) is 32.3 Å². The van der Waals surface area contributed by atoms with Crippen LogP contribution in [0.5, 0.6) is 0 Å². The quantitative estimate of drug-likeness (QED) is 0.455. The molecule has 1 aromatic rings. The maximum atomic E-state index is 13.0. The average Bonchev–Trinajstić information content (AvgIpc) is 2.58. The normalized spacial score (nSPS) is 14.7. The number of hydrogen-bond donors (Lipinski definition) is 1. The molecule has 0 saturated heterocycles. The Bertz CT molecular complexity index is 748. The lowest BCUT2D eigenvalue weighted by atomic mass is 9.92. The first-order valence-corrected chi connectivity index (χ1v) is 10.5. The monoisotopic (exact) mass is 451 g/mol. The predicted octanol–water partition coefficient (Wildman–Crippen LogP) is 3.97. The van der Waals surface area contributed by atoms with E-state index in [-0.39, 0.29) is 12.3 Å². The van der Waals surface area contributed by atoms with Gasteiger partial charge in [-0.1, -0.05) is 26.0 Å². The van der Waals surface area contributed by atoms with E-state index in [1.807, 2.05) is 0 Å². The molecule has 0 fully saturated rings. The Morgan fingerprint density at radius 1 is 1.03 bits per heavy atom. The number of anilines is 1. The third-order valence-electron chi connectivity index (χ3n) is 4.29. The molecule has 0 bridgehead atoms. The summed E-state index contributed by atoms with van der Waals surface area (Å²) >= 11 is 0. The van der Waals surface area contributed by atoms with Crippen LogP contribution in [0, 0.1) is 0 Å². The third-order valence-corrected chi connectivity index (χ3v) is 4.85. The Kier molecular flexibility index (Phi) is 7.99. The first kappa shape index (κ1) is 25.5. The summed E-state index contributed by atoms with van der Waals surface area (Å²) in [4.78, 5) is 1.63. The van der Waals surface area contributed by atoms with Gasteiger partial charge in [-0.05, 0) is 25.0 Å². The van der Waals surface area contributed by atoms with E-state index in [1.54, 1.807) is 18.7 Å². The maximum Gasteiger partial charge on any atom is 0.430 e. The van der Waals surface area contributed by atoms with Crippen molar-refractivity contribution in [1.82, 2.24) is 0 Å². The van der Waals surface area contributed by atoms with Crippen LogP contribution in [0.15, 0.2) is 24.3 Å². The van der Waals surface area contributed by atoms with Crippen molar-refractivity contribution in [1.29, 1.82) is 0 Å². The van der Waals surface area contributed by atoms with Crippen LogP contribution in [0.25, 0.3) is 0 Å². The molecule has 0 amide bonds. The molecule has 0 aromatic heterocycles. The van der Waals surface area contributed by atoms with Gasteiger partial charge in [0, 0.05) is 17.8 Å². The molecule has 0 aliphatic rings. The van der Waals surface area contributed by atoms with Gasteiger partial charge >= 0.3 is 12.4 Å². The number of benzene rings is 1. The van der Waals surface area contributed by atoms with Crippen molar-refractivity contribution < 1.29 is 44.0 Å². The number of nitrogens with zero attached hydrogens (tertiary/aromatic N) is 1. The Morgan fingerprint density at radius 2 is 1.52 bits per heavy atom. The van der Waals surface area contributed by atoms with Crippen molar-refractivity contribution in [2.45, 2.75) is 50.7 Å². The number of rotatable bonds is 9. The molecule has 1 N–H and O–H groups in total. The number of alkyl halides is 6. The Labute approximate surface area is 165 Å². The third kappa shape index (κ3) is 5.98. The van der Waals surface area contributed by atoms with Gasteiger partial charge in [-0.2, -0.15) is 34.8 Å². The molecule has 0 radical (unpaired) electrons. The van der Waals surface area contributed by atoms with E-state index in [0.29, 0.717) is 31.5 Å². The summed E-state index contributed by atoms with van der Waals surface area (Å²) in [6.45, 7) is 3.66. The van der Waals surface area contributed by atoms with Crippen LogP contribution < -0.4 is 4.90 Å². The first-order chi connectivity index (χ1) is 13.1. The zero-order valence-electron chi connectivity index (χ0n) is 16.0. The van der Waals surface area contributed by atoms with Gasteiger partial charge in [0.1, 0.15) is 0 Å². The van der Waals surface area contributed by atoms with E-state index < -0.39 is 39.7 Å². The van der Waals surface area contributed by atoms with Crippen molar-refractivity contribution in [3.63, 3.8) is 0 Å². The Hall–Kier alpha value is -1.53. The van der Waals surface area contributed by atoms with Crippen LogP contribution in [-0.2, 0) is 19.9 Å². The van der Waals surface area contributed by atoms with Gasteiger partial charge in [0.25, 0.3) is 15.7 Å². The smallest absolute Gasteiger partial charge is 0.369 e. The van der Waals surface area contributed by atoms with Crippen LogP contribution >= 0.6 is 0 Å². The van der Waals surface area contributed by atoms with Gasteiger partial charge in [0.15, 0.2) is 0 Å². The van der Waals surface area contributed by atoms with E-state index in [2.05, 4.69) is 0 Å². The molecule has 0 saturated carbocycles. The molecule has 0 aliphatic heterocycles. The van der Waals surface area contributed by atoms with Gasteiger partial charge in [0.05, 0.1) is 18.9 Å². The lowest BCUT2D eigenvalue weighted by Crippen LogP contribution is -2.53. The maximum absolute atomic E-state index is 13.0. The molecule has 5 nitrogen and oxygen atoms in total. The summed E-state index contributed by atoms with van der Waals surface area (Å²) in [5.41, 5.74) is -6.10. The summed E-state index contributed by atoms with van der Waals surface area (Å²) in [6, 6.07) is 2.68. The minimum Gasteiger partial charge on any atom is -0.369 e. The van der Waals surface area contributed by atoms with E-state index in [4.69, 9.17) is 4.18 Å². The predicted molar refractivity (Wildman–Crippen MR) is 95.0 cm³/mol. The highest BCUT2D eigenvalue weighted by atomic mass is 32.2. The SMILES string of the molecule is CCCN(c1ccc(C(O)(C(F)(F)F)C(F)(F)F)cc1)[C@H](CC)COS(C)(=O)=O. The van der Waals surface area contributed by atoms with E-state index in [0.717, 1.165) is 18.4 Å². The van der Waals surface area contributed by atoms with Crippen molar-refractivity contribution >= 4 is 15.8 Å². The van der Waals surface area contributed by atoms with Crippen LogP contribution in [0.3, 0.4) is 0 Å². The molecule has 0 heterocycles.